The van der Waals surface area contributed by atoms with Gasteiger partial charge in [0, 0.05) is 25.3 Å². The van der Waals surface area contributed by atoms with E-state index in [0.717, 1.165) is 44.8 Å². The van der Waals surface area contributed by atoms with E-state index in [1.807, 2.05) is 11.8 Å². The predicted molar refractivity (Wildman–Crippen MR) is 85.1 cm³/mol. The van der Waals surface area contributed by atoms with E-state index in [9.17, 15) is 4.79 Å². The minimum atomic E-state index is 0. The number of hydrogen-bond donors (Lipinski definition) is 1. The molecule has 0 aromatic heterocycles. The zero-order valence-corrected chi connectivity index (χ0v) is 13.5. The summed E-state index contributed by atoms with van der Waals surface area (Å²) in [5, 5.41) is 3.45. The van der Waals surface area contributed by atoms with Crippen molar-refractivity contribution in [1.82, 2.24) is 10.2 Å². The number of piperidine rings is 1. The summed E-state index contributed by atoms with van der Waals surface area (Å²) in [6, 6.07) is 0. The Morgan fingerprint density at radius 3 is 2.95 bits per heavy atom. The van der Waals surface area contributed by atoms with E-state index in [4.69, 9.17) is 0 Å². The molecule has 0 aromatic carbocycles. The maximum absolute atomic E-state index is 12.3. The normalized spacial score (nSPS) is 26.2. The number of amides is 1. The van der Waals surface area contributed by atoms with E-state index in [0.29, 0.717) is 17.7 Å². The van der Waals surface area contributed by atoms with Gasteiger partial charge in [-0.25, -0.2) is 0 Å². The molecule has 1 N–H and O–H groups in total. The topological polar surface area (TPSA) is 32.3 Å². The molecule has 3 nitrogen and oxygen atoms in total. The largest absolute Gasteiger partial charge is 0.342 e. The van der Waals surface area contributed by atoms with E-state index in [2.05, 4.69) is 17.1 Å². The molecule has 1 amide bonds. The molecule has 2 atom stereocenters. The van der Waals surface area contributed by atoms with Crippen LogP contribution < -0.4 is 5.32 Å². The Balaban J connectivity index is 0.00000180. The van der Waals surface area contributed by atoms with Crippen LogP contribution >= 0.6 is 24.2 Å². The number of halogens is 1. The van der Waals surface area contributed by atoms with E-state index in [-0.39, 0.29) is 12.4 Å². The predicted octanol–water partition coefficient (Wildman–Crippen LogP) is 2.40. The van der Waals surface area contributed by atoms with Gasteiger partial charge in [-0.2, -0.15) is 11.8 Å². The zero-order chi connectivity index (χ0) is 12.8. The standard InChI is InChI=1S/C14H26N2OS.ClH/c1-12(13-4-2-5-15-11-13)10-14(17)16-6-3-8-18-9-7-16;/h12-13,15H,2-11H2,1H3;1H. The lowest BCUT2D eigenvalue weighted by Crippen LogP contribution is -2.38. The van der Waals surface area contributed by atoms with Gasteiger partial charge in [0.2, 0.25) is 5.91 Å². The van der Waals surface area contributed by atoms with Crippen LogP contribution in [0.15, 0.2) is 0 Å². The number of hydrogen-bond acceptors (Lipinski definition) is 3. The highest BCUT2D eigenvalue weighted by molar-refractivity contribution is 7.99. The Bertz CT molecular complexity index is 264. The monoisotopic (exact) mass is 306 g/mol. The third kappa shape index (κ3) is 5.52. The van der Waals surface area contributed by atoms with Crippen LogP contribution in [0.2, 0.25) is 0 Å². The lowest BCUT2D eigenvalue weighted by Gasteiger charge is -2.29. The first-order chi connectivity index (χ1) is 8.77. The van der Waals surface area contributed by atoms with Gasteiger partial charge >= 0.3 is 0 Å². The van der Waals surface area contributed by atoms with Crippen molar-refractivity contribution in [3.05, 3.63) is 0 Å². The number of carbonyl (C=O) groups excluding carboxylic acids is 1. The van der Waals surface area contributed by atoms with Gasteiger partial charge in [0.15, 0.2) is 0 Å². The molecule has 2 aliphatic rings. The van der Waals surface area contributed by atoms with Gasteiger partial charge in [0.1, 0.15) is 0 Å². The molecule has 2 rings (SSSR count). The zero-order valence-electron chi connectivity index (χ0n) is 11.9. The molecular weight excluding hydrogens is 280 g/mol. The summed E-state index contributed by atoms with van der Waals surface area (Å²) in [5.41, 5.74) is 0. The third-order valence-electron chi connectivity index (χ3n) is 4.21. The van der Waals surface area contributed by atoms with Crippen molar-refractivity contribution < 1.29 is 4.79 Å². The van der Waals surface area contributed by atoms with Crippen LogP contribution in [0.4, 0.5) is 0 Å². The van der Waals surface area contributed by atoms with Gasteiger partial charge in [-0.05, 0) is 49.9 Å². The molecule has 2 unspecified atom stereocenters. The van der Waals surface area contributed by atoms with Crippen LogP contribution in [0.1, 0.15) is 32.6 Å². The fourth-order valence-electron chi connectivity index (χ4n) is 2.93. The third-order valence-corrected chi connectivity index (χ3v) is 5.26. The minimum absolute atomic E-state index is 0. The van der Waals surface area contributed by atoms with Crippen molar-refractivity contribution in [1.29, 1.82) is 0 Å². The average molecular weight is 307 g/mol. The summed E-state index contributed by atoms with van der Waals surface area (Å²) in [5.74, 6) is 3.94. The van der Waals surface area contributed by atoms with E-state index in [1.54, 1.807) is 0 Å². The lowest BCUT2D eigenvalue weighted by molar-refractivity contribution is -0.132. The van der Waals surface area contributed by atoms with Crippen LogP contribution in [-0.2, 0) is 4.79 Å². The molecule has 0 bridgehead atoms. The molecule has 112 valence electrons. The summed E-state index contributed by atoms with van der Waals surface area (Å²) in [7, 11) is 0. The van der Waals surface area contributed by atoms with Crippen molar-refractivity contribution in [3.8, 4) is 0 Å². The molecule has 2 saturated heterocycles. The first-order valence-electron chi connectivity index (χ1n) is 7.33. The summed E-state index contributed by atoms with van der Waals surface area (Å²) in [4.78, 5) is 14.4. The Morgan fingerprint density at radius 1 is 1.37 bits per heavy atom. The number of nitrogens with zero attached hydrogens (tertiary/aromatic N) is 1. The van der Waals surface area contributed by atoms with E-state index in [1.165, 1.54) is 18.6 Å². The summed E-state index contributed by atoms with van der Waals surface area (Å²) < 4.78 is 0. The first kappa shape index (κ1) is 17.1. The highest BCUT2D eigenvalue weighted by Crippen LogP contribution is 2.23. The molecule has 2 fully saturated rings. The van der Waals surface area contributed by atoms with Crippen LogP contribution in [0.5, 0.6) is 0 Å². The Hall–Kier alpha value is 0.0700. The fraction of sp³-hybridized carbons (Fsp3) is 0.929. The van der Waals surface area contributed by atoms with Gasteiger partial charge < -0.3 is 10.2 Å². The van der Waals surface area contributed by atoms with Crippen molar-refractivity contribution in [3.63, 3.8) is 0 Å². The highest BCUT2D eigenvalue weighted by atomic mass is 35.5. The highest BCUT2D eigenvalue weighted by Gasteiger charge is 2.24. The summed E-state index contributed by atoms with van der Waals surface area (Å²) >= 11 is 1.98. The summed E-state index contributed by atoms with van der Waals surface area (Å²) in [6.07, 6.45) is 4.47. The second-order valence-corrected chi connectivity index (χ2v) is 6.86. The van der Waals surface area contributed by atoms with Gasteiger partial charge in [-0.15, -0.1) is 12.4 Å². The Labute approximate surface area is 127 Å². The van der Waals surface area contributed by atoms with Crippen molar-refractivity contribution in [2.24, 2.45) is 11.8 Å². The Kier molecular flexibility index (Phi) is 8.19. The number of rotatable bonds is 3. The fourth-order valence-corrected chi connectivity index (χ4v) is 3.82. The van der Waals surface area contributed by atoms with Crippen LogP contribution in [0.25, 0.3) is 0 Å². The van der Waals surface area contributed by atoms with Crippen molar-refractivity contribution >= 4 is 30.1 Å². The van der Waals surface area contributed by atoms with Gasteiger partial charge in [-0.1, -0.05) is 6.92 Å². The molecule has 2 aliphatic heterocycles. The number of carbonyl (C=O) groups is 1. The Morgan fingerprint density at radius 2 is 2.21 bits per heavy atom. The van der Waals surface area contributed by atoms with Crippen LogP contribution in [0, 0.1) is 11.8 Å². The maximum Gasteiger partial charge on any atom is 0.222 e. The molecule has 0 aromatic rings. The summed E-state index contributed by atoms with van der Waals surface area (Å²) in [6.45, 7) is 6.44. The molecule has 2 heterocycles. The SMILES string of the molecule is CC(CC(=O)N1CCCSCC1)C1CCCNC1.Cl. The molecule has 5 heteroatoms. The smallest absolute Gasteiger partial charge is 0.222 e. The van der Waals surface area contributed by atoms with Gasteiger partial charge in [0.05, 0.1) is 0 Å². The van der Waals surface area contributed by atoms with Crippen molar-refractivity contribution in [2.75, 3.05) is 37.7 Å². The molecule has 0 saturated carbocycles. The molecule has 0 spiro atoms. The molecular formula is C14H27ClN2OS. The van der Waals surface area contributed by atoms with Crippen molar-refractivity contribution in [2.45, 2.75) is 32.6 Å². The van der Waals surface area contributed by atoms with E-state index >= 15 is 0 Å². The first-order valence-corrected chi connectivity index (χ1v) is 8.49. The van der Waals surface area contributed by atoms with Gasteiger partial charge in [0.25, 0.3) is 0 Å². The quantitative estimate of drug-likeness (QED) is 0.869. The van der Waals surface area contributed by atoms with Crippen LogP contribution in [0.3, 0.4) is 0 Å². The molecule has 19 heavy (non-hydrogen) atoms. The lowest BCUT2D eigenvalue weighted by atomic mass is 9.85. The number of thioether (sulfide) groups is 1. The minimum Gasteiger partial charge on any atom is -0.342 e. The molecule has 0 radical (unpaired) electrons. The molecule has 0 aliphatic carbocycles. The van der Waals surface area contributed by atoms with E-state index < -0.39 is 0 Å². The number of nitrogens with one attached hydrogen (secondary N) is 1. The maximum atomic E-state index is 12.3. The average Bonchev–Trinajstić information content (AvgIpc) is 2.68. The van der Waals surface area contributed by atoms with Gasteiger partial charge in [-0.3, -0.25) is 4.79 Å². The van der Waals surface area contributed by atoms with Crippen LogP contribution in [-0.4, -0.2) is 48.5 Å². The second-order valence-electron chi connectivity index (χ2n) is 5.63. The second kappa shape index (κ2) is 9.09.